The summed E-state index contributed by atoms with van der Waals surface area (Å²) in [5, 5.41) is 6.17. The molecule has 1 saturated heterocycles. The van der Waals surface area contributed by atoms with Crippen LogP contribution in [-0.2, 0) is 4.74 Å². The summed E-state index contributed by atoms with van der Waals surface area (Å²) in [5.41, 5.74) is 12.5. The number of nitrogens with zero attached hydrogens (tertiary/aromatic N) is 2. The number of rotatable bonds is 7. The number of aromatic nitrogens is 2. The van der Waals surface area contributed by atoms with E-state index >= 15 is 0 Å². The minimum Gasteiger partial charge on any atom is -0.378 e. The van der Waals surface area contributed by atoms with Crippen LogP contribution in [0.1, 0.15) is 58.4 Å². The van der Waals surface area contributed by atoms with Gasteiger partial charge in [-0.25, -0.2) is 0 Å². The average Bonchev–Trinajstić information content (AvgIpc) is 2.84. The van der Waals surface area contributed by atoms with Crippen molar-refractivity contribution in [3.05, 3.63) is 45.2 Å². The number of hydrogen-bond acceptors (Lipinski definition) is 8. The molecule has 1 aromatic heterocycles. The molecule has 2 aromatic rings. The summed E-state index contributed by atoms with van der Waals surface area (Å²) in [6.07, 6.45) is 5.07. The third kappa shape index (κ3) is 5.80. The van der Waals surface area contributed by atoms with Crippen molar-refractivity contribution in [2.24, 2.45) is 11.5 Å². The molecular weight excluding hydrogens is 450 g/mol. The average molecular weight is 484 g/mol. The Kier molecular flexibility index (Phi) is 7.37. The fourth-order valence-electron chi connectivity index (χ4n) is 4.53. The van der Waals surface area contributed by atoms with Gasteiger partial charge in [-0.3, -0.25) is 19.4 Å². The Morgan fingerprint density at radius 3 is 2.60 bits per heavy atom. The number of carbonyl (C=O) groups is 2. The molecule has 11 heteroatoms. The zero-order valence-electron chi connectivity index (χ0n) is 20.0. The van der Waals surface area contributed by atoms with Crippen LogP contribution in [0, 0.1) is 6.92 Å². The molecule has 35 heavy (non-hydrogen) atoms. The number of carbonyl (C=O) groups excluding carboxylic acids is 2. The number of H-pyrrole nitrogens is 1. The van der Waals surface area contributed by atoms with Gasteiger partial charge in [0.15, 0.2) is 5.82 Å². The Hall–Kier alpha value is -3.44. The van der Waals surface area contributed by atoms with Gasteiger partial charge in [-0.15, -0.1) is 0 Å². The number of nitrogens with two attached hydrogens (primary N) is 2. The molecule has 0 unspecified atom stereocenters. The number of anilines is 3. The van der Waals surface area contributed by atoms with Gasteiger partial charge in [-0.05, 0) is 37.5 Å². The standard InChI is InChI=1S/C24H33N7O4/c1-15-5-6-16(22(34)31-9-11-35-12-10-31)13-17(15)28-20-18(19(25)32)21(33)30-23(29-20)27-14-24(26)7-3-2-4-8-24/h5-6,13H,2-4,7-12,14,26H2,1H3,(H2,25,32)(H3,27,28,29,30,33). The Bertz CT molecular complexity index is 1150. The van der Waals surface area contributed by atoms with Crippen LogP contribution in [-0.4, -0.2) is 65.1 Å². The molecule has 1 aliphatic heterocycles. The third-order valence-electron chi connectivity index (χ3n) is 6.66. The maximum absolute atomic E-state index is 12.9. The van der Waals surface area contributed by atoms with E-state index in [9.17, 15) is 14.4 Å². The molecule has 0 radical (unpaired) electrons. The number of primary amides is 1. The van der Waals surface area contributed by atoms with Crippen molar-refractivity contribution in [2.45, 2.75) is 44.6 Å². The lowest BCUT2D eigenvalue weighted by Crippen LogP contribution is -2.48. The summed E-state index contributed by atoms with van der Waals surface area (Å²) >= 11 is 0. The zero-order valence-corrected chi connectivity index (χ0v) is 20.0. The van der Waals surface area contributed by atoms with Crippen molar-refractivity contribution >= 4 is 29.3 Å². The summed E-state index contributed by atoms with van der Waals surface area (Å²) in [7, 11) is 0. The van der Waals surface area contributed by atoms with Gasteiger partial charge in [0.05, 0.1) is 13.2 Å². The van der Waals surface area contributed by atoms with Gasteiger partial charge in [0.2, 0.25) is 5.95 Å². The molecule has 0 atom stereocenters. The molecule has 4 rings (SSSR count). The van der Waals surface area contributed by atoms with E-state index < -0.39 is 11.5 Å². The van der Waals surface area contributed by atoms with Crippen LogP contribution in [0.25, 0.3) is 0 Å². The topological polar surface area (TPSA) is 168 Å². The summed E-state index contributed by atoms with van der Waals surface area (Å²) in [5.74, 6) is -0.823. The summed E-state index contributed by atoms with van der Waals surface area (Å²) in [4.78, 5) is 46.5. The molecule has 1 aliphatic carbocycles. The Morgan fingerprint density at radius 1 is 1.20 bits per heavy atom. The predicted molar refractivity (Wildman–Crippen MR) is 133 cm³/mol. The number of hydrogen-bond donors (Lipinski definition) is 5. The van der Waals surface area contributed by atoms with Gasteiger partial charge in [-0.2, -0.15) is 4.98 Å². The molecule has 0 bridgehead atoms. The van der Waals surface area contributed by atoms with Crippen LogP contribution < -0.4 is 27.7 Å². The summed E-state index contributed by atoms with van der Waals surface area (Å²) < 4.78 is 5.33. The molecule has 7 N–H and O–H groups in total. The molecule has 2 amide bonds. The van der Waals surface area contributed by atoms with Crippen molar-refractivity contribution in [1.29, 1.82) is 0 Å². The number of aryl methyl sites for hydroxylation is 1. The van der Waals surface area contributed by atoms with Crippen LogP contribution >= 0.6 is 0 Å². The number of amides is 2. The lowest BCUT2D eigenvalue weighted by Gasteiger charge is -2.33. The smallest absolute Gasteiger partial charge is 0.267 e. The number of nitrogens with one attached hydrogen (secondary N) is 3. The van der Waals surface area contributed by atoms with E-state index in [1.54, 1.807) is 23.1 Å². The van der Waals surface area contributed by atoms with Crippen molar-refractivity contribution in [3.63, 3.8) is 0 Å². The van der Waals surface area contributed by atoms with E-state index in [0.717, 1.165) is 31.2 Å². The first-order chi connectivity index (χ1) is 16.8. The first-order valence-corrected chi connectivity index (χ1v) is 12.0. The first kappa shape index (κ1) is 24.7. The van der Waals surface area contributed by atoms with E-state index in [0.29, 0.717) is 44.1 Å². The van der Waals surface area contributed by atoms with Gasteiger partial charge in [-0.1, -0.05) is 25.3 Å². The lowest BCUT2D eigenvalue weighted by molar-refractivity contribution is 0.0303. The van der Waals surface area contributed by atoms with E-state index in [4.69, 9.17) is 16.2 Å². The molecule has 2 aliphatic rings. The lowest BCUT2D eigenvalue weighted by atomic mass is 9.82. The number of benzene rings is 1. The second-order valence-corrected chi connectivity index (χ2v) is 9.34. The second kappa shape index (κ2) is 10.4. The van der Waals surface area contributed by atoms with Crippen molar-refractivity contribution in [3.8, 4) is 0 Å². The first-order valence-electron chi connectivity index (χ1n) is 12.0. The second-order valence-electron chi connectivity index (χ2n) is 9.34. The Balaban J connectivity index is 1.60. The zero-order chi connectivity index (χ0) is 25.0. The fourth-order valence-corrected chi connectivity index (χ4v) is 4.53. The van der Waals surface area contributed by atoms with Gasteiger partial charge >= 0.3 is 0 Å². The SMILES string of the molecule is Cc1ccc(C(=O)N2CCOCC2)cc1Nc1nc(NCC2(N)CCCCC2)[nH]c(=O)c1C(N)=O. The molecule has 2 heterocycles. The minimum atomic E-state index is -0.909. The van der Waals surface area contributed by atoms with Crippen LogP contribution in [0.5, 0.6) is 0 Å². The van der Waals surface area contributed by atoms with E-state index in [1.165, 1.54) is 6.42 Å². The Labute approximate surface area is 203 Å². The molecule has 1 aromatic carbocycles. The van der Waals surface area contributed by atoms with Crippen molar-refractivity contribution in [2.75, 3.05) is 43.5 Å². The maximum atomic E-state index is 12.9. The molecule has 188 valence electrons. The highest BCUT2D eigenvalue weighted by molar-refractivity contribution is 5.99. The quantitative estimate of drug-likeness (QED) is 0.394. The van der Waals surface area contributed by atoms with Crippen LogP contribution in [0.2, 0.25) is 0 Å². The number of aromatic amines is 1. The molecule has 2 fully saturated rings. The van der Waals surface area contributed by atoms with Crippen molar-refractivity contribution < 1.29 is 14.3 Å². The van der Waals surface area contributed by atoms with E-state index in [1.807, 2.05) is 6.92 Å². The predicted octanol–water partition coefficient (Wildman–Crippen LogP) is 1.47. The van der Waals surface area contributed by atoms with Crippen LogP contribution in [0.4, 0.5) is 17.5 Å². The number of morpholine rings is 1. The highest BCUT2D eigenvalue weighted by Crippen LogP contribution is 2.27. The Morgan fingerprint density at radius 2 is 1.91 bits per heavy atom. The monoisotopic (exact) mass is 483 g/mol. The molecular formula is C24H33N7O4. The highest BCUT2D eigenvalue weighted by atomic mass is 16.5. The third-order valence-corrected chi connectivity index (χ3v) is 6.66. The summed E-state index contributed by atoms with van der Waals surface area (Å²) in [6.45, 7) is 4.34. The van der Waals surface area contributed by atoms with Gasteiger partial charge in [0.25, 0.3) is 17.4 Å². The largest absolute Gasteiger partial charge is 0.378 e. The fraction of sp³-hybridized carbons (Fsp3) is 0.500. The maximum Gasteiger partial charge on any atom is 0.267 e. The van der Waals surface area contributed by atoms with E-state index in [2.05, 4.69) is 20.6 Å². The normalized spacial score (nSPS) is 17.6. The van der Waals surface area contributed by atoms with Crippen LogP contribution in [0.3, 0.4) is 0 Å². The molecule has 0 spiro atoms. The van der Waals surface area contributed by atoms with E-state index in [-0.39, 0.29) is 28.8 Å². The van der Waals surface area contributed by atoms with Gasteiger partial charge in [0.1, 0.15) is 5.56 Å². The molecule has 1 saturated carbocycles. The number of ether oxygens (including phenoxy) is 1. The molecule has 11 nitrogen and oxygen atoms in total. The van der Waals surface area contributed by atoms with Gasteiger partial charge in [0, 0.05) is 36.4 Å². The van der Waals surface area contributed by atoms with Crippen LogP contribution in [0.15, 0.2) is 23.0 Å². The highest BCUT2D eigenvalue weighted by Gasteiger charge is 2.28. The minimum absolute atomic E-state index is 0.0116. The van der Waals surface area contributed by atoms with Gasteiger partial charge < -0.3 is 31.7 Å². The summed E-state index contributed by atoms with van der Waals surface area (Å²) in [6, 6.07) is 5.23. The van der Waals surface area contributed by atoms with Crippen molar-refractivity contribution in [1.82, 2.24) is 14.9 Å².